The van der Waals surface area contributed by atoms with Crippen LogP contribution in [0, 0.1) is 12.7 Å². The van der Waals surface area contributed by atoms with Crippen molar-refractivity contribution in [2.75, 3.05) is 31.7 Å². The minimum Gasteiger partial charge on any atom is -0.493 e. The first-order valence-electron chi connectivity index (χ1n) is 11.2. The molecule has 0 aromatic heterocycles. The second-order valence-corrected chi connectivity index (χ2v) is 10.5. The second-order valence-electron chi connectivity index (χ2n) is 8.22. The first-order chi connectivity index (χ1) is 17.5. The Morgan fingerprint density at radius 3 is 2.32 bits per heavy atom. The van der Waals surface area contributed by atoms with Gasteiger partial charge in [0.1, 0.15) is 24.7 Å². The first-order valence-corrected chi connectivity index (χ1v) is 13.1. The Balaban J connectivity index is 1.84. The number of amides is 1. The molecule has 0 saturated carbocycles. The van der Waals surface area contributed by atoms with Crippen LogP contribution in [-0.4, -0.2) is 47.7 Å². The van der Waals surface area contributed by atoms with Crippen molar-refractivity contribution < 1.29 is 31.8 Å². The molecule has 0 spiro atoms. The standard InChI is InChI=1S/C26H28ClFN2O6S/c1-17-5-8-20(9-6-17)36-16-18(2)29-26(31)15-30(19-7-11-23(28)22(27)13-19)37(32,33)21-10-12-24(34-3)25(14-21)35-4/h5-14,18H,15-16H2,1-4H3,(H,29,31). The minimum atomic E-state index is -4.31. The van der Waals surface area contributed by atoms with Crippen LogP contribution in [0.15, 0.2) is 65.6 Å². The largest absolute Gasteiger partial charge is 0.493 e. The zero-order valence-corrected chi connectivity index (χ0v) is 22.4. The summed E-state index contributed by atoms with van der Waals surface area (Å²) in [5.41, 5.74) is 1.10. The van der Waals surface area contributed by atoms with Crippen LogP contribution in [0.4, 0.5) is 10.1 Å². The average molecular weight is 551 g/mol. The van der Waals surface area contributed by atoms with E-state index in [-0.39, 0.29) is 28.0 Å². The third kappa shape index (κ3) is 7.05. The number of nitrogens with zero attached hydrogens (tertiary/aromatic N) is 1. The monoisotopic (exact) mass is 550 g/mol. The van der Waals surface area contributed by atoms with Gasteiger partial charge in [-0.25, -0.2) is 12.8 Å². The van der Waals surface area contributed by atoms with E-state index in [1.54, 1.807) is 6.92 Å². The molecule has 0 radical (unpaired) electrons. The maximum atomic E-state index is 13.8. The Morgan fingerprint density at radius 1 is 1.03 bits per heavy atom. The molecule has 8 nitrogen and oxygen atoms in total. The van der Waals surface area contributed by atoms with Crippen LogP contribution in [-0.2, 0) is 14.8 Å². The lowest BCUT2D eigenvalue weighted by Crippen LogP contribution is -2.45. The van der Waals surface area contributed by atoms with Gasteiger partial charge in [-0.1, -0.05) is 29.3 Å². The van der Waals surface area contributed by atoms with E-state index in [1.165, 1.54) is 38.5 Å². The zero-order chi connectivity index (χ0) is 27.2. The average Bonchev–Trinajstić information content (AvgIpc) is 2.88. The number of hydrogen-bond acceptors (Lipinski definition) is 6. The van der Waals surface area contributed by atoms with E-state index in [0.717, 1.165) is 22.0 Å². The van der Waals surface area contributed by atoms with Crippen LogP contribution in [0.3, 0.4) is 0 Å². The number of hydrogen-bond donors (Lipinski definition) is 1. The molecule has 3 aromatic rings. The van der Waals surface area contributed by atoms with E-state index in [9.17, 15) is 17.6 Å². The Bertz CT molecular complexity index is 1350. The number of ether oxygens (including phenoxy) is 3. The van der Waals surface area contributed by atoms with Gasteiger partial charge in [-0.3, -0.25) is 9.10 Å². The van der Waals surface area contributed by atoms with Crippen molar-refractivity contribution >= 4 is 33.2 Å². The Labute approximate surface area is 221 Å². The fraction of sp³-hybridized carbons (Fsp3) is 0.269. The van der Waals surface area contributed by atoms with Crippen molar-refractivity contribution in [1.29, 1.82) is 0 Å². The molecule has 3 rings (SSSR count). The highest BCUT2D eigenvalue weighted by molar-refractivity contribution is 7.92. The number of carbonyl (C=O) groups excluding carboxylic acids is 1. The van der Waals surface area contributed by atoms with Crippen LogP contribution in [0.5, 0.6) is 17.2 Å². The molecule has 0 saturated heterocycles. The molecule has 0 aliphatic carbocycles. The fourth-order valence-corrected chi connectivity index (χ4v) is 5.01. The summed E-state index contributed by atoms with van der Waals surface area (Å²) in [5.74, 6) is -0.153. The number of methoxy groups -OCH3 is 2. The zero-order valence-electron chi connectivity index (χ0n) is 20.8. The quantitative estimate of drug-likeness (QED) is 0.375. The molecular weight excluding hydrogens is 523 g/mol. The summed E-state index contributed by atoms with van der Waals surface area (Å²) < 4.78 is 58.1. The molecule has 0 aliphatic rings. The molecule has 1 amide bonds. The summed E-state index contributed by atoms with van der Waals surface area (Å²) in [4.78, 5) is 12.8. The van der Waals surface area contributed by atoms with Gasteiger partial charge in [-0.2, -0.15) is 0 Å². The maximum absolute atomic E-state index is 13.8. The molecular formula is C26H28ClFN2O6S. The van der Waals surface area contributed by atoms with Gasteiger partial charge in [-0.15, -0.1) is 0 Å². The number of aryl methyl sites for hydroxylation is 1. The molecule has 1 N–H and O–H groups in total. The molecule has 1 atom stereocenters. The SMILES string of the molecule is COc1ccc(S(=O)(=O)N(CC(=O)NC(C)COc2ccc(C)cc2)c2ccc(F)c(Cl)c2)cc1OC. The summed E-state index contributed by atoms with van der Waals surface area (Å²) in [6, 6.07) is 14.5. The number of nitrogens with one attached hydrogen (secondary N) is 1. The van der Waals surface area contributed by atoms with Crippen LogP contribution >= 0.6 is 11.6 Å². The van der Waals surface area contributed by atoms with Gasteiger partial charge >= 0.3 is 0 Å². The van der Waals surface area contributed by atoms with Crippen LogP contribution in [0.1, 0.15) is 12.5 Å². The van der Waals surface area contributed by atoms with E-state index >= 15 is 0 Å². The highest BCUT2D eigenvalue weighted by atomic mass is 35.5. The summed E-state index contributed by atoms with van der Waals surface area (Å²) in [6.45, 7) is 3.27. The van der Waals surface area contributed by atoms with Gasteiger partial charge < -0.3 is 19.5 Å². The molecule has 1 unspecified atom stereocenters. The highest BCUT2D eigenvalue weighted by Gasteiger charge is 2.29. The van der Waals surface area contributed by atoms with Crippen molar-refractivity contribution in [3.8, 4) is 17.2 Å². The van der Waals surface area contributed by atoms with E-state index < -0.39 is 34.3 Å². The molecule has 0 fully saturated rings. The lowest BCUT2D eigenvalue weighted by molar-refractivity contribution is -0.120. The van der Waals surface area contributed by atoms with E-state index in [0.29, 0.717) is 11.5 Å². The molecule has 198 valence electrons. The summed E-state index contributed by atoms with van der Waals surface area (Å²) in [5, 5.41) is 2.44. The summed E-state index contributed by atoms with van der Waals surface area (Å²) in [6.07, 6.45) is 0. The Kier molecular flexibility index (Phi) is 9.23. The van der Waals surface area contributed by atoms with Crippen molar-refractivity contribution in [2.24, 2.45) is 0 Å². The number of sulfonamides is 1. The van der Waals surface area contributed by atoms with Crippen LogP contribution in [0.2, 0.25) is 5.02 Å². The fourth-order valence-electron chi connectivity index (χ4n) is 3.41. The van der Waals surface area contributed by atoms with E-state index in [2.05, 4.69) is 5.32 Å². The number of rotatable bonds is 11. The van der Waals surface area contributed by atoms with Gasteiger partial charge in [0.05, 0.1) is 35.9 Å². The van der Waals surface area contributed by atoms with Gasteiger partial charge in [0.25, 0.3) is 10.0 Å². The highest BCUT2D eigenvalue weighted by Crippen LogP contribution is 2.33. The van der Waals surface area contributed by atoms with Crippen molar-refractivity contribution in [2.45, 2.75) is 24.8 Å². The number of halogens is 2. The van der Waals surface area contributed by atoms with Crippen molar-refractivity contribution in [3.05, 3.63) is 77.1 Å². The molecule has 0 bridgehead atoms. The Morgan fingerprint density at radius 2 is 1.70 bits per heavy atom. The van der Waals surface area contributed by atoms with Crippen molar-refractivity contribution in [3.63, 3.8) is 0 Å². The van der Waals surface area contributed by atoms with E-state index in [4.69, 9.17) is 25.8 Å². The van der Waals surface area contributed by atoms with Crippen LogP contribution < -0.4 is 23.8 Å². The maximum Gasteiger partial charge on any atom is 0.264 e. The normalized spacial score (nSPS) is 11.9. The topological polar surface area (TPSA) is 94.2 Å². The molecule has 0 heterocycles. The Hall–Kier alpha value is -3.50. The van der Waals surface area contributed by atoms with Crippen molar-refractivity contribution in [1.82, 2.24) is 5.32 Å². The lowest BCUT2D eigenvalue weighted by atomic mass is 10.2. The number of anilines is 1. The van der Waals surface area contributed by atoms with E-state index in [1.807, 2.05) is 31.2 Å². The third-order valence-corrected chi connectivity index (χ3v) is 7.41. The summed E-state index contributed by atoms with van der Waals surface area (Å²) >= 11 is 5.92. The number of carbonyl (C=O) groups is 1. The summed E-state index contributed by atoms with van der Waals surface area (Å²) in [7, 11) is -1.51. The third-order valence-electron chi connectivity index (χ3n) is 5.35. The first kappa shape index (κ1) is 28.1. The van der Waals surface area contributed by atoms with Gasteiger partial charge in [0.15, 0.2) is 11.5 Å². The molecule has 11 heteroatoms. The molecule has 0 aliphatic heterocycles. The predicted molar refractivity (Wildman–Crippen MR) is 140 cm³/mol. The second kappa shape index (κ2) is 12.2. The predicted octanol–water partition coefficient (Wildman–Crippen LogP) is 4.58. The van der Waals surface area contributed by atoms with Gasteiger partial charge in [-0.05, 0) is 56.3 Å². The molecule has 37 heavy (non-hydrogen) atoms. The smallest absolute Gasteiger partial charge is 0.264 e. The minimum absolute atomic E-state index is 0.0138. The number of benzene rings is 3. The van der Waals surface area contributed by atoms with Gasteiger partial charge in [0.2, 0.25) is 5.91 Å². The lowest BCUT2D eigenvalue weighted by Gasteiger charge is -2.25. The van der Waals surface area contributed by atoms with Crippen LogP contribution in [0.25, 0.3) is 0 Å². The molecule has 3 aromatic carbocycles. The van der Waals surface area contributed by atoms with Gasteiger partial charge in [0, 0.05) is 6.07 Å².